The summed E-state index contributed by atoms with van der Waals surface area (Å²) in [6, 6.07) is 9.38. The fourth-order valence-corrected chi connectivity index (χ4v) is 3.16. The summed E-state index contributed by atoms with van der Waals surface area (Å²) < 4.78 is 22.3. The zero-order valence-corrected chi connectivity index (χ0v) is 12.3. The second-order valence-electron chi connectivity index (χ2n) is 5.39. The summed E-state index contributed by atoms with van der Waals surface area (Å²) in [5.74, 6) is 2.52. The van der Waals surface area contributed by atoms with E-state index < -0.39 is 0 Å². The molecule has 5 heteroatoms. The van der Waals surface area contributed by atoms with Crippen LogP contribution in [0.3, 0.4) is 0 Å². The Bertz CT molecular complexity index is 740. The van der Waals surface area contributed by atoms with E-state index in [4.69, 9.17) is 18.9 Å². The van der Waals surface area contributed by atoms with Gasteiger partial charge in [-0.2, -0.15) is 0 Å². The molecule has 0 saturated heterocycles. The predicted octanol–water partition coefficient (Wildman–Crippen LogP) is 3.02. The van der Waals surface area contributed by atoms with Gasteiger partial charge in [0.1, 0.15) is 17.6 Å². The van der Waals surface area contributed by atoms with E-state index in [9.17, 15) is 5.11 Å². The van der Waals surface area contributed by atoms with E-state index >= 15 is 0 Å². The molecule has 5 nitrogen and oxygen atoms in total. The molecule has 0 radical (unpaired) electrons. The first-order chi connectivity index (χ1) is 10.7. The number of rotatable bonds is 2. The number of ether oxygens (including phenoxy) is 4. The van der Waals surface area contributed by atoms with E-state index in [1.807, 2.05) is 24.3 Å². The van der Waals surface area contributed by atoms with Crippen molar-refractivity contribution in [3.63, 3.8) is 0 Å². The van der Waals surface area contributed by atoms with Crippen molar-refractivity contribution in [3.8, 4) is 28.7 Å². The fourth-order valence-electron chi connectivity index (χ4n) is 3.16. The molecule has 22 heavy (non-hydrogen) atoms. The summed E-state index contributed by atoms with van der Waals surface area (Å²) >= 11 is 0. The van der Waals surface area contributed by atoms with Crippen molar-refractivity contribution in [2.75, 3.05) is 20.8 Å². The molecule has 0 unspecified atom stereocenters. The summed E-state index contributed by atoms with van der Waals surface area (Å²) in [7, 11) is 3.15. The van der Waals surface area contributed by atoms with Gasteiger partial charge in [0.2, 0.25) is 5.75 Å². The van der Waals surface area contributed by atoms with E-state index in [0.717, 1.165) is 22.6 Å². The molecule has 2 aromatic carbocycles. The minimum atomic E-state index is -0.164. The van der Waals surface area contributed by atoms with Gasteiger partial charge < -0.3 is 24.1 Å². The van der Waals surface area contributed by atoms with Crippen molar-refractivity contribution in [2.45, 2.75) is 12.0 Å². The average molecular weight is 300 g/mol. The van der Waals surface area contributed by atoms with Gasteiger partial charge in [0.15, 0.2) is 11.5 Å². The number of phenolic OH excluding ortho intramolecular Hbond substituents is 1. The normalized spacial score (nSPS) is 21.0. The van der Waals surface area contributed by atoms with Crippen LogP contribution in [0.15, 0.2) is 30.3 Å². The Morgan fingerprint density at radius 1 is 1.09 bits per heavy atom. The van der Waals surface area contributed by atoms with Gasteiger partial charge in [-0.05, 0) is 18.2 Å². The molecule has 0 aromatic heterocycles. The maximum atomic E-state index is 10.3. The Morgan fingerprint density at radius 2 is 1.91 bits per heavy atom. The van der Waals surface area contributed by atoms with E-state index in [1.165, 1.54) is 7.11 Å². The van der Waals surface area contributed by atoms with Gasteiger partial charge in [-0.1, -0.05) is 6.07 Å². The van der Waals surface area contributed by atoms with Gasteiger partial charge in [0, 0.05) is 17.2 Å². The lowest BCUT2D eigenvalue weighted by Gasteiger charge is -2.28. The summed E-state index contributed by atoms with van der Waals surface area (Å²) in [5.41, 5.74) is 1.91. The molecule has 2 aromatic rings. The Kier molecular flexibility index (Phi) is 2.82. The van der Waals surface area contributed by atoms with Crippen LogP contribution in [0.4, 0.5) is 0 Å². The smallest absolute Gasteiger partial charge is 0.201 e. The third-order valence-electron chi connectivity index (χ3n) is 4.30. The Balaban J connectivity index is 1.78. The maximum Gasteiger partial charge on any atom is 0.201 e. The molecule has 0 aliphatic carbocycles. The third-order valence-corrected chi connectivity index (χ3v) is 4.30. The van der Waals surface area contributed by atoms with E-state index in [2.05, 4.69) is 0 Å². The van der Waals surface area contributed by atoms with Crippen molar-refractivity contribution in [1.82, 2.24) is 0 Å². The van der Waals surface area contributed by atoms with Crippen LogP contribution in [-0.2, 0) is 0 Å². The van der Waals surface area contributed by atoms with Gasteiger partial charge in [0.05, 0.1) is 26.7 Å². The zero-order chi connectivity index (χ0) is 15.3. The van der Waals surface area contributed by atoms with E-state index in [1.54, 1.807) is 13.2 Å². The number of phenols is 1. The van der Waals surface area contributed by atoms with Gasteiger partial charge in [-0.3, -0.25) is 0 Å². The summed E-state index contributed by atoms with van der Waals surface area (Å²) in [4.78, 5) is 0. The van der Waals surface area contributed by atoms with E-state index in [0.29, 0.717) is 18.1 Å². The molecule has 0 bridgehead atoms. The number of aromatic hydroxyl groups is 1. The first-order valence-electron chi connectivity index (χ1n) is 7.10. The molecule has 0 fully saturated rings. The average Bonchev–Trinajstić information content (AvgIpc) is 2.94. The third kappa shape index (κ3) is 1.71. The van der Waals surface area contributed by atoms with E-state index in [-0.39, 0.29) is 17.8 Å². The molecule has 2 heterocycles. The van der Waals surface area contributed by atoms with Crippen molar-refractivity contribution in [1.29, 1.82) is 0 Å². The van der Waals surface area contributed by atoms with Gasteiger partial charge in [-0.25, -0.2) is 0 Å². The molecule has 2 atom stereocenters. The van der Waals surface area contributed by atoms with Crippen molar-refractivity contribution < 1.29 is 24.1 Å². The molecule has 1 N–H and O–H groups in total. The van der Waals surface area contributed by atoms with Gasteiger partial charge in [0.25, 0.3) is 0 Å². The minimum absolute atomic E-state index is 0.0458. The number of hydrogen-bond donors (Lipinski definition) is 1. The van der Waals surface area contributed by atoms with Crippen LogP contribution in [0.2, 0.25) is 0 Å². The lowest BCUT2D eigenvalue weighted by Crippen LogP contribution is -2.23. The first kappa shape index (κ1) is 13.1. The van der Waals surface area contributed by atoms with Gasteiger partial charge >= 0.3 is 0 Å². The molecule has 0 amide bonds. The minimum Gasteiger partial charge on any atom is -0.502 e. The predicted molar refractivity (Wildman–Crippen MR) is 79.3 cm³/mol. The molecular weight excluding hydrogens is 284 g/mol. The van der Waals surface area contributed by atoms with Crippen molar-refractivity contribution in [2.24, 2.45) is 0 Å². The van der Waals surface area contributed by atoms with Crippen molar-refractivity contribution >= 4 is 0 Å². The van der Waals surface area contributed by atoms with Crippen LogP contribution in [0, 0.1) is 0 Å². The summed E-state index contributed by atoms with van der Waals surface area (Å²) in [5, 5.41) is 10.3. The second-order valence-corrected chi connectivity index (χ2v) is 5.39. The number of fused-ring (bicyclic) bond motifs is 5. The molecule has 2 aliphatic rings. The topological polar surface area (TPSA) is 57.2 Å². The molecular formula is C17H16O5. The van der Waals surface area contributed by atoms with Crippen molar-refractivity contribution in [3.05, 3.63) is 41.5 Å². The second kappa shape index (κ2) is 4.73. The number of methoxy groups -OCH3 is 2. The zero-order valence-electron chi connectivity index (χ0n) is 12.3. The largest absolute Gasteiger partial charge is 0.502 e. The van der Waals surface area contributed by atoms with Crippen LogP contribution in [-0.4, -0.2) is 25.9 Å². The summed E-state index contributed by atoms with van der Waals surface area (Å²) in [6.45, 7) is 0.504. The molecule has 2 aliphatic heterocycles. The highest BCUT2D eigenvalue weighted by molar-refractivity contribution is 5.60. The molecule has 0 saturated carbocycles. The molecule has 0 spiro atoms. The maximum absolute atomic E-state index is 10.3. The highest BCUT2D eigenvalue weighted by atomic mass is 16.5. The van der Waals surface area contributed by atoms with Crippen LogP contribution in [0.1, 0.15) is 23.1 Å². The number of benzene rings is 2. The SMILES string of the molecule is COc1ccc2c(c1)OC[C@@H]1c3ccc(OC)c(O)c3O[C@H]21. The summed E-state index contributed by atoms with van der Waals surface area (Å²) in [6.07, 6.45) is -0.164. The van der Waals surface area contributed by atoms with Crippen LogP contribution in [0.5, 0.6) is 28.7 Å². The highest BCUT2D eigenvalue weighted by Gasteiger charge is 2.42. The quantitative estimate of drug-likeness (QED) is 0.924. The Hall–Kier alpha value is -2.56. The van der Waals surface area contributed by atoms with Crippen LogP contribution in [0.25, 0.3) is 0 Å². The van der Waals surface area contributed by atoms with Crippen LogP contribution < -0.4 is 18.9 Å². The fraction of sp³-hybridized carbons (Fsp3) is 0.294. The Labute approximate surface area is 128 Å². The van der Waals surface area contributed by atoms with Crippen LogP contribution >= 0.6 is 0 Å². The lowest BCUT2D eigenvalue weighted by molar-refractivity contribution is 0.136. The van der Waals surface area contributed by atoms with Gasteiger partial charge in [-0.15, -0.1) is 0 Å². The monoisotopic (exact) mass is 300 g/mol. The highest BCUT2D eigenvalue weighted by Crippen LogP contribution is 2.55. The first-order valence-corrected chi connectivity index (χ1v) is 7.10. The molecule has 114 valence electrons. The lowest BCUT2D eigenvalue weighted by atomic mass is 9.89. The number of hydrogen-bond acceptors (Lipinski definition) is 5. The Morgan fingerprint density at radius 3 is 2.68 bits per heavy atom. The molecule has 4 rings (SSSR count). The standard InChI is InChI=1S/C17H16O5/c1-19-9-3-4-11-14(7-9)21-8-12-10-5-6-13(20-2)15(18)17(10)22-16(11)12/h3-7,12,16,18H,8H2,1-2H3/t12-,16-/m1/s1.